The molecule has 1 unspecified atom stereocenters. The summed E-state index contributed by atoms with van der Waals surface area (Å²) in [5.74, 6) is -0.870. The Bertz CT molecular complexity index is 1020. The van der Waals surface area contributed by atoms with Crippen LogP contribution in [0, 0.1) is 6.92 Å². The molecule has 4 rings (SSSR count). The lowest BCUT2D eigenvalue weighted by Gasteiger charge is -2.39. The first-order valence-electron chi connectivity index (χ1n) is 10.0. The van der Waals surface area contributed by atoms with E-state index in [4.69, 9.17) is 0 Å². The van der Waals surface area contributed by atoms with Gasteiger partial charge < -0.3 is 14.4 Å². The number of fused-ring (bicyclic) bond motifs is 1. The molecule has 0 aliphatic carbocycles. The van der Waals surface area contributed by atoms with Gasteiger partial charge in [0.25, 0.3) is 0 Å². The van der Waals surface area contributed by atoms with Crippen molar-refractivity contribution in [3.8, 4) is 10.4 Å². The quantitative estimate of drug-likeness (QED) is 0.682. The minimum absolute atomic E-state index is 0.140. The summed E-state index contributed by atoms with van der Waals surface area (Å²) in [6, 6.07) is 4.61. The first-order valence-corrected chi connectivity index (χ1v) is 10.9. The number of aromatic nitrogens is 2. The van der Waals surface area contributed by atoms with Gasteiger partial charge in [-0.15, -0.1) is 11.3 Å². The Morgan fingerprint density at radius 1 is 1.31 bits per heavy atom. The summed E-state index contributed by atoms with van der Waals surface area (Å²) >= 11 is 1.60. The number of likely N-dealkylation sites (tertiary alicyclic amines) is 1. The number of carbonyl (C=O) groups is 1. The Hall–Kier alpha value is -2.22. The van der Waals surface area contributed by atoms with Crippen molar-refractivity contribution < 1.29 is 9.90 Å². The molecule has 4 heterocycles. The number of aromatic carboxylic acids is 1. The molecule has 0 radical (unpaired) electrons. The number of nitrogens with zero attached hydrogens (tertiary/aromatic N) is 4. The second-order valence-corrected chi connectivity index (χ2v) is 9.06. The summed E-state index contributed by atoms with van der Waals surface area (Å²) in [7, 11) is 4.29. The molecule has 154 valence electrons. The first kappa shape index (κ1) is 20.1. The van der Waals surface area contributed by atoms with E-state index in [-0.39, 0.29) is 6.04 Å². The van der Waals surface area contributed by atoms with E-state index in [1.807, 2.05) is 18.6 Å². The summed E-state index contributed by atoms with van der Waals surface area (Å²) in [5.41, 5.74) is 6.12. The smallest absolute Gasteiger partial charge is 0.336 e. The fourth-order valence-corrected chi connectivity index (χ4v) is 5.17. The fourth-order valence-electron chi connectivity index (χ4n) is 4.57. The van der Waals surface area contributed by atoms with Crippen molar-refractivity contribution >= 4 is 22.8 Å². The molecule has 0 amide bonds. The monoisotopic (exact) mass is 412 g/mol. The number of hydrogen-bond donors (Lipinski definition) is 1. The van der Waals surface area contributed by atoms with Crippen LogP contribution in [0.4, 0.5) is 0 Å². The second kappa shape index (κ2) is 7.89. The van der Waals surface area contributed by atoms with E-state index >= 15 is 0 Å². The van der Waals surface area contributed by atoms with E-state index in [0.29, 0.717) is 11.6 Å². The van der Waals surface area contributed by atoms with Gasteiger partial charge in [-0.05, 0) is 58.5 Å². The highest BCUT2D eigenvalue weighted by Gasteiger charge is 2.28. The summed E-state index contributed by atoms with van der Waals surface area (Å²) in [4.78, 5) is 22.0. The number of carboxylic acid groups (broad SMARTS) is 1. The molecule has 29 heavy (non-hydrogen) atoms. The van der Waals surface area contributed by atoms with Gasteiger partial charge in [-0.25, -0.2) is 4.79 Å². The summed E-state index contributed by atoms with van der Waals surface area (Å²) in [5, 5.41) is 9.79. The Morgan fingerprint density at radius 2 is 2.03 bits per heavy atom. The average Bonchev–Trinajstić information content (AvgIpc) is 3.36. The minimum Gasteiger partial charge on any atom is -0.478 e. The van der Waals surface area contributed by atoms with Crippen LogP contribution in [-0.2, 0) is 0 Å². The largest absolute Gasteiger partial charge is 0.478 e. The van der Waals surface area contributed by atoms with Gasteiger partial charge in [0.05, 0.1) is 16.0 Å². The maximum atomic E-state index is 11.9. The van der Waals surface area contributed by atoms with E-state index in [1.54, 1.807) is 17.4 Å². The number of piperidine rings is 1. The maximum absolute atomic E-state index is 11.9. The molecule has 0 aromatic carbocycles. The van der Waals surface area contributed by atoms with Gasteiger partial charge in [0, 0.05) is 54.3 Å². The highest BCUT2D eigenvalue weighted by Crippen LogP contribution is 2.33. The molecule has 1 aliphatic heterocycles. The third kappa shape index (κ3) is 3.70. The van der Waals surface area contributed by atoms with Crippen LogP contribution in [0.15, 0.2) is 30.0 Å². The van der Waals surface area contributed by atoms with Gasteiger partial charge in [0.15, 0.2) is 0 Å². The zero-order valence-corrected chi connectivity index (χ0v) is 18.2. The number of hydrogen-bond acceptors (Lipinski definition) is 5. The van der Waals surface area contributed by atoms with Crippen LogP contribution in [0.3, 0.4) is 0 Å². The Morgan fingerprint density at radius 3 is 2.62 bits per heavy atom. The van der Waals surface area contributed by atoms with Crippen molar-refractivity contribution in [1.82, 2.24) is 19.2 Å². The molecule has 1 N–H and O–H groups in total. The molecule has 3 aromatic rings. The SMILES string of the molecule is Cc1c(C(=O)O)cc2cc(-c3cncs3)cn2c1C(C)N1CCC(N(C)C)CC1. The molecule has 1 atom stereocenters. The van der Waals surface area contributed by atoms with Crippen LogP contribution < -0.4 is 0 Å². The van der Waals surface area contributed by atoms with Crippen LogP contribution in [0.5, 0.6) is 0 Å². The normalized spacial score (nSPS) is 17.3. The van der Waals surface area contributed by atoms with Crippen molar-refractivity contribution in [3.63, 3.8) is 0 Å². The van der Waals surface area contributed by atoms with E-state index in [2.05, 4.69) is 52.5 Å². The van der Waals surface area contributed by atoms with E-state index < -0.39 is 5.97 Å². The topological polar surface area (TPSA) is 61.1 Å². The molecule has 0 spiro atoms. The van der Waals surface area contributed by atoms with Crippen LogP contribution >= 0.6 is 11.3 Å². The van der Waals surface area contributed by atoms with Gasteiger partial charge in [-0.3, -0.25) is 9.88 Å². The van der Waals surface area contributed by atoms with Crippen molar-refractivity contribution in [2.45, 2.75) is 38.8 Å². The van der Waals surface area contributed by atoms with Crippen molar-refractivity contribution in [1.29, 1.82) is 0 Å². The van der Waals surface area contributed by atoms with E-state index in [1.165, 1.54) is 0 Å². The average molecular weight is 413 g/mol. The lowest BCUT2D eigenvalue weighted by molar-refractivity contribution is 0.0695. The van der Waals surface area contributed by atoms with Gasteiger partial charge in [0.1, 0.15) is 0 Å². The zero-order chi connectivity index (χ0) is 20.7. The third-order valence-corrected chi connectivity index (χ3v) is 7.13. The van der Waals surface area contributed by atoms with E-state index in [9.17, 15) is 9.90 Å². The molecule has 0 saturated carbocycles. The van der Waals surface area contributed by atoms with Crippen LogP contribution in [-0.4, -0.2) is 63.5 Å². The Balaban J connectivity index is 1.77. The molecule has 6 nitrogen and oxygen atoms in total. The lowest BCUT2D eigenvalue weighted by Crippen LogP contribution is -2.43. The van der Waals surface area contributed by atoms with E-state index in [0.717, 1.165) is 53.1 Å². The molecule has 3 aromatic heterocycles. The predicted octanol–water partition coefficient (Wildman–Crippen LogP) is 4.16. The van der Waals surface area contributed by atoms with Gasteiger partial charge in [0.2, 0.25) is 0 Å². The van der Waals surface area contributed by atoms with Crippen molar-refractivity contribution in [3.05, 3.63) is 46.9 Å². The lowest BCUT2D eigenvalue weighted by atomic mass is 9.98. The Labute approximate surface area is 175 Å². The number of thiazole rings is 1. The standard InChI is InChI=1S/C22H28N4O2S/c1-14-19(22(27)28)10-18-9-16(20-11-23-13-29-20)12-26(18)21(14)15(2)25-7-5-17(6-8-25)24(3)4/h9-13,15,17H,5-8H2,1-4H3,(H,27,28). The number of carboxylic acids is 1. The maximum Gasteiger partial charge on any atom is 0.336 e. The molecule has 7 heteroatoms. The van der Waals surface area contributed by atoms with Gasteiger partial charge >= 0.3 is 5.97 Å². The highest BCUT2D eigenvalue weighted by atomic mass is 32.1. The fraction of sp³-hybridized carbons (Fsp3) is 0.455. The van der Waals surface area contributed by atoms with Gasteiger partial charge in [-0.1, -0.05) is 0 Å². The molecular weight excluding hydrogens is 384 g/mol. The molecule has 1 saturated heterocycles. The van der Waals surface area contributed by atoms with Crippen LogP contribution in [0.25, 0.3) is 16.0 Å². The number of rotatable bonds is 5. The third-order valence-electron chi connectivity index (χ3n) is 6.31. The van der Waals surface area contributed by atoms with Crippen molar-refractivity contribution in [2.75, 3.05) is 27.2 Å². The van der Waals surface area contributed by atoms with Gasteiger partial charge in [-0.2, -0.15) is 0 Å². The molecule has 1 aliphatic rings. The van der Waals surface area contributed by atoms with Crippen molar-refractivity contribution in [2.24, 2.45) is 0 Å². The summed E-state index contributed by atoms with van der Waals surface area (Å²) < 4.78 is 2.18. The molecular formula is C22H28N4O2S. The molecule has 0 bridgehead atoms. The van der Waals surface area contributed by atoms with Crippen LogP contribution in [0.2, 0.25) is 0 Å². The Kier molecular flexibility index (Phi) is 5.46. The molecule has 1 fully saturated rings. The first-order chi connectivity index (χ1) is 13.9. The summed E-state index contributed by atoms with van der Waals surface area (Å²) in [6.07, 6.45) is 6.26. The number of pyridine rings is 1. The summed E-state index contributed by atoms with van der Waals surface area (Å²) in [6.45, 7) is 6.18. The second-order valence-electron chi connectivity index (χ2n) is 8.17. The zero-order valence-electron chi connectivity index (χ0n) is 17.4. The highest BCUT2D eigenvalue weighted by molar-refractivity contribution is 7.13. The minimum atomic E-state index is -0.870. The van der Waals surface area contributed by atoms with Crippen LogP contribution in [0.1, 0.15) is 47.4 Å². The predicted molar refractivity (Wildman–Crippen MR) is 117 cm³/mol.